The van der Waals surface area contributed by atoms with Crippen LogP contribution in [-0.4, -0.2) is 14.8 Å². The molecule has 0 fully saturated rings. The first-order valence-corrected chi connectivity index (χ1v) is 8.78. The van der Waals surface area contributed by atoms with E-state index in [1.165, 1.54) is 22.3 Å². The number of nitrogens with zero attached hydrogens (tertiary/aromatic N) is 3. The van der Waals surface area contributed by atoms with Gasteiger partial charge in [0, 0.05) is 0 Å². The number of rotatable bonds is 3. The molecule has 5 nitrogen and oxygen atoms in total. The van der Waals surface area contributed by atoms with E-state index in [1.54, 1.807) is 0 Å². The number of nitrogen functional groups attached to an aromatic ring is 1. The van der Waals surface area contributed by atoms with Crippen LogP contribution in [0.3, 0.4) is 0 Å². The van der Waals surface area contributed by atoms with E-state index in [2.05, 4.69) is 77.8 Å². The van der Waals surface area contributed by atoms with Crippen LogP contribution in [0.5, 0.6) is 0 Å². The van der Waals surface area contributed by atoms with Crippen LogP contribution in [0.1, 0.15) is 47.7 Å². The Hall–Kier alpha value is -2.82. The summed E-state index contributed by atoms with van der Waals surface area (Å²) < 4.78 is 1.93. The zero-order valence-electron chi connectivity index (χ0n) is 14.6. The van der Waals surface area contributed by atoms with Gasteiger partial charge in [0.1, 0.15) is 0 Å². The fourth-order valence-corrected chi connectivity index (χ4v) is 3.62. The highest BCUT2D eigenvalue weighted by Crippen LogP contribution is 2.38. The molecule has 1 aliphatic heterocycles. The summed E-state index contributed by atoms with van der Waals surface area (Å²) in [6, 6.07) is 17.6. The van der Waals surface area contributed by atoms with Crippen molar-refractivity contribution < 1.29 is 0 Å². The van der Waals surface area contributed by atoms with Gasteiger partial charge in [0.2, 0.25) is 11.9 Å². The topological polar surface area (TPSA) is 68.8 Å². The van der Waals surface area contributed by atoms with Crippen LogP contribution in [0.4, 0.5) is 11.9 Å². The second-order valence-corrected chi connectivity index (χ2v) is 6.64. The average Bonchev–Trinajstić information content (AvgIpc) is 3.01. The van der Waals surface area contributed by atoms with E-state index in [9.17, 15) is 0 Å². The smallest absolute Gasteiger partial charge is 0.241 e. The summed E-state index contributed by atoms with van der Waals surface area (Å²) in [6.45, 7) is 4.32. The zero-order valence-corrected chi connectivity index (χ0v) is 14.6. The lowest BCUT2D eigenvalue weighted by Crippen LogP contribution is -2.28. The van der Waals surface area contributed by atoms with Gasteiger partial charge < -0.3 is 11.1 Å². The lowest BCUT2D eigenvalue weighted by atomic mass is 9.91. The number of hydrogen-bond acceptors (Lipinski definition) is 4. The molecular formula is C20H23N5. The fourth-order valence-electron chi connectivity index (χ4n) is 3.62. The Bertz CT molecular complexity index is 881. The summed E-state index contributed by atoms with van der Waals surface area (Å²) >= 11 is 0. The van der Waals surface area contributed by atoms with Gasteiger partial charge in [-0.1, -0.05) is 55.5 Å². The van der Waals surface area contributed by atoms with Gasteiger partial charge in [0.25, 0.3) is 0 Å². The molecule has 4 rings (SSSR count). The van der Waals surface area contributed by atoms with Crippen LogP contribution in [-0.2, 0) is 6.42 Å². The van der Waals surface area contributed by atoms with E-state index in [-0.39, 0.29) is 12.1 Å². The number of fused-ring (bicyclic) bond motifs is 1. The van der Waals surface area contributed by atoms with Crippen molar-refractivity contribution in [2.75, 3.05) is 11.1 Å². The Morgan fingerprint density at radius 3 is 2.64 bits per heavy atom. The summed E-state index contributed by atoms with van der Waals surface area (Å²) in [6.07, 6.45) is 1.96. The van der Waals surface area contributed by atoms with Gasteiger partial charge in [-0.2, -0.15) is 4.98 Å². The molecular weight excluding hydrogens is 310 g/mol. The molecule has 128 valence electrons. The first kappa shape index (κ1) is 15.7. The lowest BCUT2D eigenvalue weighted by Gasteiger charge is -2.32. The van der Waals surface area contributed by atoms with Crippen molar-refractivity contribution in [3.05, 3.63) is 70.8 Å². The van der Waals surface area contributed by atoms with E-state index >= 15 is 0 Å². The van der Waals surface area contributed by atoms with Crippen LogP contribution in [0, 0.1) is 6.92 Å². The molecule has 3 aromatic rings. The molecule has 0 amide bonds. The number of hydrogen-bond donors (Lipinski definition) is 2. The summed E-state index contributed by atoms with van der Waals surface area (Å²) in [4.78, 5) is 4.38. The Morgan fingerprint density at radius 2 is 1.92 bits per heavy atom. The molecule has 3 N–H and O–H groups in total. The summed E-state index contributed by atoms with van der Waals surface area (Å²) in [5.41, 5.74) is 11.0. The number of benzene rings is 2. The maximum atomic E-state index is 5.88. The third-order valence-electron chi connectivity index (χ3n) is 5.04. The second-order valence-electron chi connectivity index (χ2n) is 6.64. The van der Waals surface area contributed by atoms with Crippen LogP contribution < -0.4 is 11.1 Å². The van der Waals surface area contributed by atoms with E-state index < -0.39 is 0 Å². The van der Waals surface area contributed by atoms with Gasteiger partial charge in [0.15, 0.2) is 0 Å². The summed E-state index contributed by atoms with van der Waals surface area (Å²) in [5, 5.41) is 7.93. The third kappa shape index (κ3) is 2.86. The van der Waals surface area contributed by atoms with Gasteiger partial charge in [-0.3, -0.25) is 0 Å². The minimum Gasteiger partial charge on any atom is -0.366 e. The van der Waals surface area contributed by atoms with Gasteiger partial charge >= 0.3 is 0 Å². The van der Waals surface area contributed by atoms with Crippen LogP contribution in [0.25, 0.3) is 0 Å². The van der Waals surface area contributed by atoms with E-state index in [0.29, 0.717) is 5.95 Å². The molecule has 5 heteroatoms. The maximum absolute atomic E-state index is 5.88. The van der Waals surface area contributed by atoms with Crippen molar-refractivity contribution >= 4 is 11.9 Å². The second kappa shape index (κ2) is 6.24. The van der Waals surface area contributed by atoms with E-state index in [0.717, 1.165) is 18.8 Å². The van der Waals surface area contributed by atoms with Crippen molar-refractivity contribution in [3.63, 3.8) is 0 Å². The molecule has 0 radical (unpaired) electrons. The van der Waals surface area contributed by atoms with Crippen LogP contribution in [0.15, 0.2) is 48.5 Å². The fraction of sp³-hybridized carbons (Fsp3) is 0.300. The largest absolute Gasteiger partial charge is 0.366 e. The Kier molecular flexibility index (Phi) is 3.92. The van der Waals surface area contributed by atoms with Crippen LogP contribution in [0.2, 0.25) is 0 Å². The molecule has 2 atom stereocenters. The number of nitrogens with two attached hydrogens (primary N) is 1. The Labute approximate surface area is 147 Å². The monoisotopic (exact) mass is 333 g/mol. The van der Waals surface area contributed by atoms with E-state index in [1.807, 2.05) is 4.68 Å². The van der Waals surface area contributed by atoms with Crippen LogP contribution >= 0.6 is 0 Å². The molecule has 1 aliphatic rings. The zero-order chi connectivity index (χ0) is 17.4. The first-order valence-electron chi connectivity index (χ1n) is 8.78. The van der Waals surface area contributed by atoms with Gasteiger partial charge in [-0.05, 0) is 42.0 Å². The highest BCUT2D eigenvalue weighted by atomic mass is 15.4. The summed E-state index contributed by atoms with van der Waals surface area (Å²) in [7, 11) is 0. The molecule has 2 aromatic carbocycles. The van der Waals surface area contributed by atoms with Gasteiger partial charge in [0.05, 0.1) is 12.1 Å². The quantitative estimate of drug-likeness (QED) is 0.763. The molecule has 25 heavy (non-hydrogen) atoms. The normalized spacial score (nSPS) is 19.3. The Balaban J connectivity index is 1.74. The molecule has 0 saturated heterocycles. The molecule has 1 aromatic heterocycles. The van der Waals surface area contributed by atoms with Gasteiger partial charge in [-0.25, -0.2) is 4.68 Å². The molecule has 0 bridgehead atoms. The highest BCUT2D eigenvalue weighted by molar-refractivity contribution is 5.43. The van der Waals surface area contributed by atoms with Crippen molar-refractivity contribution in [3.8, 4) is 0 Å². The molecule has 2 heterocycles. The average molecular weight is 333 g/mol. The number of nitrogens with one attached hydrogen (secondary N) is 1. The predicted octanol–water partition coefficient (Wildman–Crippen LogP) is 3.88. The first-order chi connectivity index (χ1) is 12.2. The SMILES string of the molecule is CCc1ccc([C@@H]2C[C@@H](c3ccccc3C)n3nc(N)nc3N2)cc1. The van der Waals surface area contributed by atoms with Crippen molar-refractivity contribution in [2.45, 2.75) is 38.8 Å². The number of aromatic nitrogens is 3. The van der Waals surface area contributed by atoms with Crippen molar-refractivity contribution in [2.24, 2.45) is 0 Å². The molecule has 0 aliphatic carbocycles. The van der Waals surface area contributed by atoms with E-state index in [4.69, 9.17) is 5.73 Å². The molecule has 0 unspecified atom stereocenters. The van der Waals surface area contributed by atoms with Gasteiger partial charge in [-0.15, -0.1) is 5.10 Å². The van der Waals surface area contributed by atoms with Crippen molar-refractivity contribution in [1.29, 1.82) is 0 Å². The number of aryl methyl sites for hydroxylation is 2. The third-order valence-corrected chi connectivity index (χ3v) is 5.04. The lowest BCUT2D eigenvalue weighted by molar-refractivity contribution is 0.430. The Morgan fingerprint density at radius 1 is 1.16 bits per heavy atom. The standard InChI is InChI=1S/C20H23N5/c1-3-14-8-10-15(11-9-14)17-12-18(16-7-5-4-6-13(16)2)25-20(22-17)23-19(21)24-25/h4-11,17-18H,3,12H2,1-2H3,(H3,21,22,23,24)/t17-,18-/m0/s1. The maximum Gasteiger partial charge on any atom is 0.241 e. The predicted molar refractivity (Wildman–Crippen MR) is 101 cm³/mol. The van der Waals surface area contributed by atoms with Crippen molar-refractivity contribution in [1.82, 2.24) is 14.8 Å². The number of anilines is 2. The minimum atomic E-state index is 0.123. The summed E-state index contributed by atoms with van der Waals surface area (Å²) in [5.74, 6) is 1.05. The minimum absolute atomic E-state index is 0.123. The molecule has 0 spiro atoms. The highest BCUT2D eigenvalue weighted by Gasteiger charge is 2.31. The molecule has 0 saturated carbocycles.